The summed E-state index contributed by atoms with van der Waals surface area (Å²) in [6, 6.07) is 3.02. The monoisotopic (exact) mass is 317 g/mol. The molecular formula is C12H19N3O3S2. The predicted molar refractivity (Wildman–Crippen MR) is 78.8 cm³/mol. The topological polar surface area (TPSA) is 92.5 Å². The quantitative estimate of drug-likeness (QED) is 0.835. The summed E-state index contributed by atoms with van der Waals surface area (Å²) < 4.78 is 24.9. The smallest absolute Gasteiger partial charge is 0.244 e. The standard InChI is InChI=1S/C12H19N3O3S2/c1-20(17,18)14-9-4-6-15(7-5-9)12(16)11(13)10-3-2-8-19-10/h2-3,8-9,11,14H,4-7,13H2,1H3. The van der Waals surface area contributed by atoms with E-state index >= 15 is 0 Å². The maximum Gasteiger partial charge on any atom is 0.244 e. The molecule has 0 radical (unpaired) electrons. The van der Waals surface area contributed by atoms with Crippen LogP contribution in [0.1, 0.15) is 23.8 Å². The molecule has 2 heterocycles. The summed E-state index contributed by atoms with van der Waals surface area (Å²) in [5, 5.41) is 1.89. The maximum atomic E-state index is 12.3. The van der Waals surface area contributed by atoms with Crippen molar-refractivity contribution in [1.29, 1.82) is 0 Å². The van der Waals surface area contributed by atoms with Crippen LogP contribution in [-0.2, 0) is 14.8 Å². The lowest BCUT2D eigenvalue weighted by atomic mass is 10.1. The molecule has 3 N–H and O–H groups in total. The number of carbonyl (C=O) groups excluding carboxylic acids is 1. The minimum atomic E-state index is -3.19. The van der Waals surface area contributed by atoms with Crippen LogP contribution in [0.2, 0.25) is 0 Å². The Kier molecular flexibility index (Phi) is 4.79. The van der Waals surface area contributed by atoms with E-state index in [1.165, 1.54) is 11.3 Å². The molecule has 1 fully saturated rings. The van der Waals surface area contributed by atoms with Crippen LogP contribution < -0.4 is 10.5 Å². The number of piperidine rings is 1. The zero-order valence-electron chi connectivity index (χ0n) is 11.3. The Bertz CT molecular complexity index is 549. The van der Waals surface area contributed by atoms with Crippen LogP contribution in [0.3, 0.4) is 0 Å². The number of thiophene rings is 1. The summed E-state index contributed by atoms with van der Waals surface area (Å²) >= 11 is 1.47. The third kappa shape index (κ3) is 4.02. The first kappa shape index (κ1) is 15.4. The van der Waals surface area contributed by atoms with E-state index in [9.17, 15) is 13.2 Å². The average Bonchev–Trinajstić information content (AvgIpc) is 2.90. The molecule has 1 aromatic heterocycles. The largest absolute Gasteiger partial charge is 0.341 e. The van der Waals surface area contributed by atoms with Crippen LogP contribution >= 0.6 is 11.3 Å². The van der Waals surface area contributed by atoms with E-state index in [0.717, 1.165) is 11.1 Å². The van der Waals surface area contributed by atoms with Gasteiger partial charge >= 0.3 is 0 Å². The van der Waals surface area contributed by atoms with Crippen molar-refractivity contribution in [2.24, 2.45) is 5.73 Å². The van der Waals surface area contributed by atoms with Crippen LogP contribution in [-0.4, -0.2) is 44.6 Å². The lowest BCUT2D eigenvalue weighted by molar-refractivity contribution is -0.133. The molecule has 1 atom stereocenters. The van der Waals surface area contributed by atoms with E-state index in [0.29, 0.717) is 25.9 Å². The Morgan fingerprint density at radius 2 is 2.15 bits per heavy atom. The molecule has 0 bridgehead atoms. The van der Waals surface area contributed by atoms with Crippen LogP contribution in [0, 0.1) is 0 Å². The number of amides is 1. The Balaban J connectivity index is 1.89. The van der Waals surface area contributed by atoms with Gasteiger partial charge in [-0.25, -0.2) is 13.1 Å². The van der Waals surface area contributed by atoms with Crippen LogP contribution in [0.5, 0.6) is 0 Å². The zero-order chi connectivity index (χ0) is 14.8. The van der Waals surface area contributed by atoms with Gasteiger partial charge in [0.2, 0.25) is 15.9 Å². The van der Waals surface area contributed by atoms with Crippen molar-refractivity contribution in [3.05, 3.63) is 22.4 Å². The van der Waals surface area contributed by atoms with Gasteiger partial charge in [0, 0.05) is 24.0 Å². The summed E-state index contributed by atoms with van der Waals surface area (Å²) in [5.74, 6) is -0.0924. The normalized spacial score (nSPS) is 19.0. The molecule has 1 aliphatic heterocycles. The summed E-state index contributed by atoms with van der Waals surface area (Å²) in [7, 11) is -3.19. The third-order valence-electron chi connectivity index (χ3n) is 3.30. The number of sulfonamides is 1. The van der Waals surface area contributed by atoms with Crippen LogP contribution in [0.15, 0.2) is 17.5 Å². The maximum absolute atomic E-state index is 12.3. The van der Waals surface area contributed by atoms with Crippen molar-refractivity contribution in [1.82, 2.24) is 9.62 Å². The first-order valence-corrected chi connectivity index (χ1v) is 9.19. The first-order chi connectivity index (χ1) is 9.37. The fourth-order valence-corrected chi connectivity index (χ4v) is 3.87. The van der Waals surface area contributed by atoms with Gasteiger partial charge in [-0.05, 0) is 24.3 Å². The number of nitrogens with one attached hydrogen (secondary N) is 1. The molecule has 0 saturated carbocycles. The number of hydrogen-bond acceptors (Lipinski definition) is 5. The van der Waals surface area contributed by atoms with Gasteiger partial charge in [-0.3, -0.25) is 4.79 Å². The Morgan fingerprint density at radius 3 is 2.65 bits per heavy atom. The van der Waals surface area contributed by atoms with Gasteiger partial charge in [0.05, 0.1) is 6.26 Å². The van der Waals surface area contributed by atoms with Crippen molar-refractivity contribution in [2.75, 3.05) is 19.3 Å². The van der Waals surface area contributed by atoms with E-state index in [-0.39, 0.29) is 11.9 Å². The molecule has 6 nitrogen and oxygen atoms in total. The SMILES string of the molecule is CS(=O)(=O)NC1CCN(C(=O)C(N)c2cccs2)CC1. The molecule has 8 heteroatoms. The molecule has 1 aliphatic rings. The van der Waals surface area contributed by atoms with E-state index in [1.807, 2.05) is 17.5 Å². The molecule has 1 saturated heterocycles. The summed E-state index contributed by atoms with van der Waals surface area (Å²) in [4.78, 5) is 14.8. The fraction of sp³-hybridized carbons (Fsp3) is 0.583. The van der Waals surface area contributed by atoms with E-state index in [2.05, 4.69) is 4.72 Å². The lowest BCUT2D eigenvalue weighted by Crippen LogP contribution is -2.48. The van der Waals surface area contributed by atoms with E-state index in [4.69, 9.17) is 5.73 Å². The Morgan fingerprint density at radius 1 is 1.50 bits per heavy atom. The van der Waals surface area contributed by atoms with E-state index < -0.39 is 16.1 Å². The number of rotatable bonds is 4. The molecule has 112 valence electrons. The number of likely N-dealkylation sites (tertiary alicyclic amines) is 1. The number of nitrogens with zero attached hydrogens (tertiary/aromatic N) is 1. The van der Waals surface area contributed by atoms with Gasteiger partial charge in [0.1, 0.15) is 6.04 Å². The Labute approximate surface area is 123 Å². The van der Waals surface area contributed by atoms with Crippen molar-refractivity contribution >= 4 is 27.3 Å². The number of hydrogen-bond donors (Lipinski definition) is 2. The zero-order valence-corrected chi connectivity index (χ0v) is 12.9. The summed E-state index contributed by atoms with van der Waals surface area (Å²) in [6.07, 6.45) is 2.39. The Hall–Kier alpha value is -0.960. The second-order valence-electron chi connectivity index (χ2n) is 4.98. The molecule has 0 aliphatic carbocycles. The fourth-order valence-electron chi connectivity index (χ4n) is 2.31. The van der Waals surface area contributed by atoms with Gasteiger partial charge in [-0.1, -0.05) is 6.07 Å². The molecule has 2 rings (SSSR count). The van der Waals surface area contributed by atoms with Gasteiger partial charge in [0.15, 0.2) is 0 Å². The summed E-state index contributed by atoms with van der Waals surface area (Å²) in [6.45, 7) is 1.07. The van der Waals surface area contributed by atoms with Crippen molar-refractivity contribution in [3.63, 3.8) is 0 Å². The van der Waals surface area contributed by atoms with Crippen molar-refractivity contribution < 1.29 is 13.2 Å². The highest BCUT2D eigenvalue weighted by atomic mass is 32.2. The molecule has 1 unspecified atom stereocenters. The number of nitrogens with two attached hydrogens (primary N) is 1. The molecule has 0 aromatic carbocycles. The van der Waals surface area contributed by atoms with Crippen molar-refractivity contribution in [3.8, 4) is 0 Å². The highest BCUT2D eigenvalue weighted by Gasteiger charge is 2.28. The predicted octanol–water partition coefficient (Wildman–Crippen LogP) is 0.288. The van der Waals surface area contributed by atoms with Gasteiger partial charge in [-0.15, -0.1) is 11.3 Å². The second-order valence-corrected chi connectivity index (χ2v) is 7.74. The summed E-state index contributed by atoms with van der Waals surface area (Å²) in [5.41, 5.74) is 5.96. The minimum absolute atomic E-state index is 0.0907. The highest BCUT2D eigenvalue weighted by molar-refractivity contribution is 7.88. The van der Waals surface area contributed by atoms with Crippen molar-refractivity contribution in [2.45, 2.75) is 24.9 Å². The van der Waals surface area contributed by atoms with Crippen LogP contribution in [0.25, 0.3) is 0 Å². The molecule has 20 heavy (non-hydrogen) atoms. The molecule has 1 aromatic rings. The molecular weight excluding hydrogens is 298 g/mol. The van der Waals surface area contributed by atoms with Gasteiger partial charge in [0.25, 0.3) is 0 Å². The second kappa shape index (κ2) is 6.21. The van der Waals surface area contributed by atoms with Gasteiger partial charge in [-0.2, -0.15) is 0 Å². The minimum Gasteiger partial charge on any atom is -0.341 e. The average molecular weight is 317 g/mol. The first-order valence-electron chi connectivity index (χ1n) is 6.42. The van der Waals surface area contributed by atoms with Gasteiger partial charge < -0.3 is 10.6 Å². The third-order valence-corrected chi connectivity index (χ3v) is 5.02. The molecule has 1 amide bonds. The highest BCUT2D eigenvalue weighted by Crippen LogP contribution is 2.21. The lowest BCUT2D eigenvalue weighted by Gasteiger charge is -2.33. The van der Waals surface area contributed by atoms with Crippen LogP contribution in [0.4, 0.5) is 0 Å². The number of carbonyl (C=O) groups is 1. The van der Waals surface area contributed by atoms with E-state index in [1.54, 1.807) is 4.90 Å². The molecule has 0 spiro atoms.